The molecule has 5 atom stereocenters. The van der Waals surface area contributed by atoms with Gasteiger partial charge in [0, 0.05) is 24.2 Å². The molecule has 7 N–H and O–H groups in total. The molecule has 0 bridgehead atoms. The number of aliphatic hydroxyl groups excluding tert-OH is 2. The van der Waals surface area contributed by atoms with Gasteiger partial charge in [-0.3, -0.25) is 9.36 Å². The van der Waals surface area contributed by atoms with Gasteiger partial charge >= 0.3 is 5.69 Å². The summed E-state index contributed by atoms with van der Waals surface area (Å²) in [6, 6.07) is 10.5. The summed E-state index contributed by atoms with van der Waals surface area (Å²) >= 11 is 1.54. The van der Waals surface area contributed by atoms with Crippen molar-refractivity contribution in [3.63, 3.8) is 0 Å². The molecular formula is C19H25N5O5S. The Bertz CT molecular complexity index is 912. The average Bonchev–Trinajstić information content (AvgIpc) is 3.01. The third kappa shape index (κ3) is 5.37. The van der Waals surface area contributed by atoms with Crippen molar-refractivity contribution in [2.75, 3.05) is 18.0 Å². The molecule has 30 heavy (non-hydrogen) atoms. The second kappa shape index (κ2) is 10.0. The van der Waals surface area contributed by atoms with Crippen LogP contribution in [0, 0.1) is 0 Å². The lowest BCUT2D eigenvalue weighted by molar-refractivity contribution is -0.123. The number of aliphatic hydroxyl groups is 2. The number of rotatable bonds is 8. The number of anilines is 1. The van der Waals surface area contributed by atoms with E-state index in [1.165, 1.54) is 12.3 Å². The van der Waals surface area contributed by atoms with E-state index in [-0.39, 0.29) is 12.4 Å². The van der Waals surface area contributed by atoms with Crippen molar-refractivity contribution in [3.05, 3.63) is 58.6 Å². The average molecular weight is 436 g/mol. The highest BCUT2D eigenvalue weighted by Crippen LogP contribution is 2.28. The Morgan fingerprint density at radius 3 is 2.70 bits per heavy atom. The molecule has 10 nitrogen and oxygen atoms in total. The summed E-state index contributed by atoms with van der Waals surface area (Å²) in [5, 5.41) is 23.1. The second-order valence-corrected chi connectivity index (χ2v) is 7.97. The summed E-state index contributed by atoms with van der Waals surface area (Å²) < 4.78 is 6.62. The third-order valence-electron chi connectivity index (χ3n) is 4.69. The number of nitrogens with zero attached hydrogens (tertiary/aromatic N) is 2. The first-order valence-corrected chi connectivity index (χ1v) is 10.5. The van der Waals surface area contributed by atoms with Crippen molar-refractivity contribution in [3.8, 4) is 0 Å². The molecule has 1 fully saturated rings. The van der Waals surface area contributed by atoms with Crippen molar-refractivity contribution in [2.24, 2.45) is 5.73 Å². The van der Waals surface area contributed by atoms with Gasteiger partial charge in [0.1, 0.15) is 24.1 Å². The lowest BCUT2D eigenvalue weighted by atomic mass is 10.1. The first-order valence-electron chi connectivity index (χ1n) is 9.38. The van der Waals surface area contributed by atoms with Gasteiger partial charge < -0.3 is 31.7 Å². The van der Waals surface area contributed by atoms with Crippen LogP contribution < -0.4 is 22.5 Å². The van der Waals surface area contributed by atoms with Crippen LogP contribution in [0.5, 0.6) is 0 Å². The van der Waals surface area contributed by atoms with Crippen molar-refractivity contribution in [1.82, 2.24) is 14.9 Å². The van der Waals surface area contributed by atoms with E-state index in [0.29, 0.717) is 5.75 Å². The van der Waals surface area contributed by atoms with Crippen molar-refractivity contribution < 1.29 is 19.7 Å². The van der Waals surface area contributed by atoms with Gasteiger partial charge in [-0.2, -0.15) is 16.7 Å². The fourth-order valence-electron chi connectivity index (χ4n) is 3.03. The number of amides is 1. The van der Waals surface area contributed by atoms with Crippen LogP contribution in [0.3, 0.4) is 0 Å². The number of aromatic nitrogens is 2. The van der Waals surface area contributed by atoms with E-state index in [0.717, 1.165) is 15.9 Å². The lowest BCUT2D eigenvalue weighted by Gasteiger charge is -2.18. The summed E-state index contributed by atoms with van der Waals surface area (Å²) in [6.07, 6.45) is -3.40. The van der Waals surface area contributed by atoms with E-state index in [1.54, 1.807) is 11.8 Å². The van der Waals surface area contributed by atoms with E-state index in [1.807, 2.05) is 30.3 Å². The summed E-state index contributed by atoms with van der Waals surface area (Å²) in [5.41, 5.74) is 11.8. The molecule has 1 aliphatic heterocycles. The highest BCUT2D eigenvalue weighted by molar-refractivity contribution is 7.98. The number of carbonyl (C=O) groups is 1. The Morgan fingerprint density at radius 1 is 1.27 bits per heavy atom. The maximum absolute atomic E-state index is 12.2. The van der Waals surface area contributed by atoms with Crippen LogP contribution in [0.1, 0.15) is 11.8 Å². The number of thioether (sulfide) groups is 1. The Morgan fingerprint density at radius 2 is 2.00 bits per heavy atom. The van der Waals surface area contributed by atoms with Gasteiger partial charge in [0.15, 0.2) is 6.23 Å². The number of carbonyl (C=O) groups excluding carboxylic acids is 1. The van der Waals surface area contributed by atoms with E-state index < -0.39 is 42.2 Å². The number of hydrogen-bond donors (Lipinski definition) is 5. The van der Waals surface area contributed by atoms with Crippen LogP contribution in [-0.4, -0.2) is 62.3 Å². The fraction of sp³-hybridized carbons (Fsp3) is 0.421. The van der Waals surface area contributed by atoms with Gasteiger partial charge in [0.25, 0.3) is 0 Å². The first kappa shape index (κ1) is 22.2. The van der Waals surface area contributed by atoms with Crippen molar-refractivity contribution in [2.45, 2.75) is 36.3 Å². The summed E-state index contributed by atoms with van der Waals surface area (Å²) in [5.74, 6) is 0.805. The predicted molar refractivity (Wildman–Crippen MR) is 112 cm³/mol. The van der Waals surface area contributed by atoms with Crippen LogP contribution >= 0.6 is 11.8 Å². The van der Waals surface area contributed by atoms with Gasteiger partial charge in [0.05, 0.1) is 6.04 Å². The SMILES string of the molecule is Nc1ccn([C@@H]2O[C@H](CNC(=O)[C@@H](N)CSCc3ccccc3)[C@@H](O)[C@H]2O)c(=O)n1. The Kier molecular flexibility index (Phi) is 7.45. The Hall–Kier alpha value is -2.44. The molecule has 0 saturated carbocycles. The monoisotopic (exact) mass is 435 g/mol. The van der Waals surface area contributed by atoms with E-state index in [4.69, 9.17) is 16.2 Å². The number of nitrogens with two attached hydrogens (primary N) is 2. The Balaban J connectivity index is 1.48. The highest BCUT2D eigenvalue weighted by atomic mass is 32.2. The number of hydrogen-bond acceptors (Lipinski definition) is 9. The molecule has 0 radical (unpaired) electrons. The van der Waals surface area contributed by atoms with Crippen LogP contribution in [-0.2, 0) is 15.3 Å². The minimum atomic E-state index is -1.37. The van der Waals surface area contributed by atoms with Gasteiger partial charge in [-0.15, -0.1) is 0 Å². The molecule has 2 aromatic rings. The second-order valence-electron chi connectivity index (χ2n) is 6.94. The third-order valence-corrected chi connectivity index (χ3v) is 5.82. The van der Waals surface area contributed by atoms with Gasteiger partial charge in [-0.05, 0) is 11.6 Å². The number of benzene rings is 1. The van der Waals surface area contributed by atoms with Crippen molar-refractivity contribution in [1.29, 1.82) is 0 Å². The topological polar surface area (TPSA) is 166 Å². The summed E-state index contributed by atoms with van der Waals surface area (Å²) in [7, 11) is 0. The van der Waals surface area contributed by atoms with E-state index >= 15 is 0 Å². The number of ether oxygens (including phenoxy) is 1. The highest BCUT2D eigenvalue weighted by Gasteiger charge is 2.44. The smallest absolute Gasteiger partial charge is 0.351 e. The maximum Gasteiger partial charge on any atom is 0.351 e. The molecule has 1 aliphatic rings. The standard InChI is InChI=1S/C19H25N5O5S/c20-12(10-30-9-11-4-2-1-3-5-11)17(27)22-8-13-15(25)16(26)18(29-13)24-7-6-14(21)23-19(24)28/h1-7,12-13,15-16,18,25-26H,8-10,20H2,(H,22,27)(H2,21,23,28)/t12-,13+,15+,16+,18+/m0/s1. The lowest BCUT2D eigenvalue weighted by Crippen LogP contribution is -2.47. The molecular weight excluding hydrogens is 410 g/mol. The van der Waals surface area contributed by atoms with E-state index in [9.17, 15) is 19.8 Å². The van der Waals surface area contributed by atoms with Crippen LogP contribution in [0.25, 0.3) is 0 Å². The van der Waals surface area contributed by atoms with Gasteiger partial charge in [-0.1, -0.05) is 30.3 Å². The quantitative estimate of drug-likeness (QED) is 0.343. The molecule has 1 aromatic heterocycles. The minimum Gasteiger partial charge on any atom is -0.387 e. The number of nitrogen functional groups attached to an aromatic ring is 1. The fourth-order valence-corrected chi connectivity index (χ4v) is 3.98. The zero-order chi connectivity index (χ0) is 21.7. The van der Waals surface area contributed by atoms with Crippen LogP contribution in [0.2, 0.25) is 0 Å². The minimum absolute atomic E-state index is 0.0345. The largest absolute Gasteiger partial charge is 0.387 e. The molecule has 3 rings (SSSR count). The van der Waals surface area contributed by atoms with Crippen LogP contribution in [0.4, 0.5) is 5.82 Å². The Labute approximate surface area is 177 Å². The molecule has 1 amide bonds. The molecule has 0 spiro atoms. The molecule has 1 aromatic carbocycles. The maximum atomic E-state index is 12.2. The molecule has 2 heterocycles. The van der Waals surface area contributed by atoms with Crippen molar-refractivity contribution >= 4 is 23.5 Å². The normalized spacial score (nSPS) is 24.5. The molecule has 0 aliphatic carbocycles. The van der Waals surface area contributed by atoms with E-state index in [2.05, 4.69) is 10.3 Å². The number of nitrogens with one attached hydrogen (secondary N) is 1. The molecule has 162 valence electrons. The summed E-state index contributed by atoms with van der Waals surface area (Å²) in [6.45, 7) is -0.0677. The molecule has 1 saturated heterocycles. The first-order chi connectivity index (χ1) is 14.4. The predicted octanol–water partition coefficient (Wildman–Crippen LogP) is -1.18. The summed E-state index contributed by atoms with van der Waals surface area (Å²) in [4.78, 5) is 27.8. The van der Waals surface area contributed by atoms with Gasteiger partial charge in [0.2, 0.25) is 5.91 Å². The molecule has 0 unspecified atom stereocenters. The zero-order valence-electron chi connectivity index (χ0n) is 16.1. The molecule has 11 heteroatoms. The van der Waals surface area contributed by atoms with Gasteiger partial charge in [-0.25, -0.2) is 4.79 Å². The zero-order valence-corrected chi connectivity index (χ0v) is 16.9. The van der Waals surface area contributed by atoms with Crippen LogP contribution in [0.15, 0.2) is 47.4 Å².